The third-order valence-electron chi connectivity index (χ3n) is 4.88. The maximum absolute atomic E-state index is 10.4. The third-order valence-corrected chi connectivity index (χ3v) is 4.88. The minimum Gasteiger partial charge on any atom is -0.392 e. The zero-order valence-corrected chi connectivity index (χ0v) is 12.6. The van der Waals surface area contributed by atoms with Crippen molar-refractivity contribution in [3.63, 3.8) is 0 Å². The molecule has 1 spiro atoms. The van der Waals surface area contributed by atoms with E-state index in [1.807, 2.05) is 6.08 Å². The number of rotatable bonds is 3. The molecule has 1 saturated carbocycles. The van der Waals surface area contributed by atoms with Crippen LogP contribution in [0.5, 0.6) is 0 Å². The second kappa shape index (κ2) is 7.51. The summed E-state index contributed by atoms with van der Waals surface area (Å²) in [4.78, 5) is 0. The Kier molecular flexibility index (Phi) is 5.68. The molecule has 2 unspecified atom stereocenters. The van der Waals surface area contributed by atoms with E-state index < -0.39 is 0 Å². The van der Waals surface area contributed by atoms with Crippen molar-refractivity contribution in [2.24, 2.45) is 5.92 Å². The van der Waals surface area contributed by atoms with Gasteiger partial charge in [0.1, 0.15) is 0 Å². The molecule has 112 valence electrons. The van der Waals surface area contributed by atoms with E-state index in [2.05, 4.69) is 23.2 Å². The van der Waals surface area contributed by atoms with Crippen molar-refractivity contribution in [1.29, 1.82) is 0 Å². The number of terminal acetylenes is 2. The van der Waals surface area contributed by atoms with Crippen molar-refractivity contribution in [1.82, 2.24) is 5.32 Å². The fourth-order valence-corrected chi connectivity index (χ4v) is 3.96. The van der Waals surface area contributed by atoms with E-state index in [-0.39, 0.29) is 17.6 Å². The molecule has 1 saturated heterocycles. The van der Waals surface area contributed by atoms with Gasteiger partial charge in [0.15, 0.2) is 0 Å². The first kappa shape index (κ1) is 15.9. The predicted octanol–water partition coefficient (Wildman–Crippen LogP) is 2.80. The Hall–Kier alpha value is -1.48. The Morgan fingerprint density at radius 3 is 2.57 bits per heavy atom. The number of allylic oxidation sites excluding steroid dienone is 2. The van der Waals surface area contributed by atoms with E-state index in [1.54, 1.807) is 12.2 Å². The van der Waals surface area contributed by atoms with Gasteiger partial charge < -0.3 is 10.4 Å². The van der Waals surface area contributed by atoms with Gasteiger partial charge in [0.05, 0.1) is 6.10 Å². The molecule has 21 heavy (non-hydrogen) atoms. The van der Waals surface area contributed by atoms with Gasteiger partial charge in [-0.05, 0) is 50.7 Å². The van der Waals surface area contributed by atoms with Crippen LogP contribution >= 0.6 is 0 Å². The normalized spacial score (nSPS) is 36.8. The average Bonchev–Trinajstić information content (AvgIpc) is 2.47. The number of nitrogens with one attached hydrogen (secondary N) is 1. The lowest BCUT2D eigenvalue weighted by Gasteiger charge is -2.51. The summed E-state index contributed by atoms with van der Waals surface area (Å²) in [7, 11) is 0. The molecule has 2 fully saturated rings. The highest BCUT2D eigenvalue weighted by molar-refractivity contribution is 5.18. The topological polar surface area (TPSA) is 32.3 Å². The van der Waals surface area contributed by atoms with Gasteiger partial charge in [-0.3, -0.25) is 0 Å². The number of piperidine rings is 1. The van der Waals surface area contributed by atoms with Crippen LogP contribution in [0.25, 0.3) is 0 Å². The number of hydrogen-bond donors (Lipinski definition) is 2. The standard InChI is InChI=1S/C19H25NO/c1-3-5-7-10-16-11-8-14-19(20-16)15-9-13-18(21)17(19)12-6-4-2/h1-2,5-7,12,16-18,20-21H,8-11,13-15H2/b7-5-,12-6-/t16-,17?,18?,19-/m1/s1. The number of aliphatic hydroxyl groups is 1. The lowest BCUT2D eigenvalue weighted by Crippen LogP contribution is -2.61. The van der Waals surface area contributed by atoms with Crippen molar-refractivity contribution < 1.29 is 5.11 Å². The lowest BCUT2D eigenvalue weighted by atomic mass is 9.66. The molecular weight excluding hydrogens is 258 g/mol. The van der Waals surface area contributed by atoms with E-state index in [0.717, 1.165) is 32.1 Å². The molecule has 1 aliphatic heterocycles. The van der Waals surface area contributed by atoms with Gasteiger partial charge in [0, 0.05) is 17.5 Å². The highest BCUT2D eigenvalue weighted by atomic mass is 16.3. The number of aliphatic hydroxyl groups excluding tert-OH is 1. The van der Waals surface area contributed by atoms with Crippen molar-refractivity contribution in [3.8, 4) is 24.7 Å². The van der Waals surface area contributed by atoms with Crippen LogP contribution in [0.3, 0.4) is 0 Å². The average molecular weight is 283 g/mol. The maximum Gasteiger partial charge on any atom is 0.0620 e. The van der Waals surface area contributed by atoms with E-state index in [4.69, 9.17) is 12.8 Å². The molecule has 0 aromatic carbocycles. The summed E-state index contributed by atoms with van der Waals surface area (Å²) in [5.41, 5.74) is -0.00207. The molecule has 2 nitrogen and oxygen atoms in total. The molecular formula is C19H25NO. The molecule has 1 aliphatic carbocycles. The Morgan fingerprint density at radius 1 is 1.14 bits per heavy atom. The quantitative estimate of drug-likeness (QED) is 0.781. The summed E-state index contributed by atoms with van der Waals surface area (Å²) in [6.07, 6.45) is 25.4. The van der Waals surface area contributed by atoms with Gasteiger partial charge >= 0.3 is 0 Å². The van der Waals surface area contributed by atoms with Gasteiger partial charge in [-0.25, -0.2) is 0 Å². The summed E-state index contributed by atoms with van der Waals surface area (Å²) in [6, 6.07) is 0.440. The molecule has 2 rings (SSSR count). The smallest absolute Gasteiger partial charge is 0.0620 e. The first-order valence-corrected chi connectivity index (χ1v) is 7.91. The van der Waals surface area contributed by atoms with Crippen molar-refractivity contribution in [3.05, 3.63) is 24.3 Å². The first-order valence-electron chi connectivity index (χ1n) is 7.91. The monoisotopic (exact) mass is 283 g/mol. The molecule has 2 heteroatoms. The van der Waals surface area contributed by atoms with Crippen LogP contribution in [0, 0.1) is 30.6 Å². The highest BCUT2D eigenvalue weighted by Gasteiger charge is 2.45. The zero-order valence-electron chi connectivity index (χ0n) is 12.6. The minimum atomic E-state index is -0.296. The van der Waals surface area contributed by atoms with Gasteiger partial charge in [-0.15, -0.1) is 12.8 Å². The third kappa shape index (κ3) is 3.79. The van der Waals surface area contributed by atoms with Crippen LogP contribution in [0.4, 0.5) is 0 Å². The van der Waals surface area contributed by atoms with Gasteiger partial charge in [0.25, 0.3) is 0 Å². The van der Waals surface area contributed by atoms with Gasteiger partial charge in [0.2, 0.25) is 0 Å². The fourth-order valence-electron chi connectivity index (χ4n) is 3.96. The molecule has 0 aromatic heterocycles. The van der Waals surface area contributed by atoms with Crippen molar-refractivity contribution >= 4 is 0 Å². The Morgan fingerprint density at radius 2 is 1.86 bits per heavy atom. The summed E-state index contributed by atoms with van der Waals surface area (Å²) in [5, 5.41) is 14.2. The van der Waals surface area contributed by atoms with Gasteiger partial charge in [-0.1, -0.05) is 30.4 Å². The Bertz CT molecular complexity index is 475. The largest absolute Gasteiger partial charge is 0.392 e. The second-order valence-electron chi connectivity index (χ2n) is 6.21. The molecule has 1 heterocycles. The lowest BCUT2D eigenvalue weighted by molar-refractivity contribution is 0.00394. The highest BCUT2D eigenvalue weighted by Crippen LogP contribution is 2.41. The molecule has 0 bridgehead atoms. The van der Waals surface area contributed by atoms with Crippen LogP contribution in [0.2, 0.25) is 0 Å². The molecule has 2 N–H and O–H groups in total. The van der Waals surface area contributed by atoms with Crippen LogP contribution < -0.4 is 5.32 Å². The maximum atomic E-state index is 10.4. The van der Waals surface area contributed by atoms with Crippen LogP contribution in [-0.4, -0.2) is 22.8 Å². The molecule has 4 atom stereocenters. The molecule has 0 radical (unpaired) electrons. The summed E-state index contributed by atoms with van der Waals surface area (Å²) in [5.74, 6) is 5.21. The zero-order chi connectivity index (χ0) is 15.1. The van der Waals surface area contributed by atoms with Crippen molar-refractivity contribution in [2.75, 3.05) is 0 Å². The molecule has 2 aliphatic rings. The SMILES string of the molecule is C#C/C=C\C[C@@H]1CCC[C@]2(CCCC(O)C2/C=C\C#C)N1. The van der Waals surface area contributed by atoms with E-state index in [9.17, 15) is 5.11 Å². The molecule has 0 amide bonds. The van der Waals surface area contributed by atoms with Crippen LogP contribution in [0.15, 0.2) is 24.3 Å². The van der Waals surface area contributed by atoms with Gasteiger partial charge in [-0.2, -0.15) is 0 Å². The van der Waals surface area contributed by atoms with Crippen LogP contribution in [0.1, 0.15) is 44.9 Å². The van der Waals surface area contributed by atoms with E-state index in [1.165, 1.54) is 12.8 Å². The van der Waals surface area contributed by atoms with E-state index >= 15 is 0 Å². The van der Waals surface area contributed by atoms with E-state index in [0.29, 0.717) is 6.04 Å². The summed E-state index contributed by atoms with van der Waals surface area (Å²) in [6.45, 7) is 0. The minimum absolute atomic E-state index is 0.00207. The number of hydrogen-bond acceptors (Lipinski definition) is 2. The Labute approximate surface area is 128 Å². The first-order chi connectivity index (χ1) is 10.2. The fraction of sp³-hybridized carbons (Fsp3) is 0.579. The van der Waals surface area contributed by atoms with Crippen LogP contribution in [-0.2, 0) is 0 Å². The second-order valence-corrected chi connectivity index (χ2v) is 6.21. The van der Waals surface area contributed by atoms with Crippen molar-refractivity contribution in [2.45, 2.75) is 62.6 Å². The Balaban J connectivity index is 2.13. The summed E-state index contributed by atoms with van der Waals surface area (Å²) < 4.78 is 0. The summed E-state index contributed by atoms with van der Waals surface area (Å²) >= 11 is 0. The predicted molar refractivity (Wildman–Crippen MR) is 87.4 cm³/mol. The molecule has 0 aromatic rings.